The van der Waals surface area contributed by atoms with E-state index in [0.717, 1.165) is 25.7 Å². The average Bonchev–Trinajstić information content (AvgIpc) is 2.43. The summed E-state index contributed by atoms with van der Waals surface area (Å²) < 4.78 is 5.15. The Hall–Kier alpha value is -1.32. The molecule has 0 radical (unpaired) electrons. The van der Waals surface area contributed by atoms with Crippen LogP contribution in [-0.2, 0) is 14.3 Å². The van der Waals surface area contributed by atoms with Gasteiger partial charge in [-0.15, -0.1) is 0 Å². The standard InChI is InChI=1S/C18H28O4/c1-12-7-8-15-14(6-5-9-18(15,4)16(20)21)17(12,3)10-11-22-13(2)19/h6,12,15H,5,7-11H2,1-4H3,(H,20,21)/t12-,15+,17+,18+/m1/s1. The fourth-order valence-electron chi connectivity index (χ4n) is 4.37. The number of fused-ring (bicyclic) bond motifs is 1. The zero-order valence-corrected chi connectivity index (χ0v) is 14.1. The van der Waals surface area contributed by atoms with Crippen molar-refractivity contribution in [2.45, 2.75) is 59.8 Å². The third-order valence-electron chi connectivity index (χ3n) is 6.22. The highest BCUT2D eigenvalue weighted by molar-refractivity contribution is 5.75. The van der Waals surface area contributed by atoms with Crippen molar-refractivity contribution in [1.82, 2.24) is 0 Å². The first-order valence-electron chi connectivity index (χ1n) is 8.29. The van der Waals surface area contributed by atoms with Crippen molar-refractivity contribution < 1.29 is 19.4 Å². The Morgan fingerprint density at radius 1 is 1.36 bits per heavy atom. The zero-order valence-electron chi connectivity index (χ0n) is 14.1. The molecule has 2 aliphatic rings. The van der Waals surface area contributed by atoms with Gasteiger partial charge in [-0.3, -0.25) is 9.59 Å². The van der Waals surface area contributed by atoms with Crippen LogP contribution in [-0.4, -0.2) is 23.7 Å². The van der Waals surface area contributed by atoms with Gasteiger partial charge in [0.05, 0.1) is 12.0 Å². The van der Waals surface area contributed by atoms with Gasteiger partial charge in [0.2, 0.25) is 0 Å². The molecule has 0 aromatic heterocycles. The monoisotopic (exact) mass is 308 g/mol. The number of carboxylic acid groups (broad SMARTS) is 1. The molecule has 0 aromatic rings. The molecule has 2 aliphatic carbocycles. The molecule has 4 atom stereocenters. The average molecular weight is 308 g/mol. The summed E-state index contributed by atoms with van der Waals surface area (Å²) in [5.74, 6) is -0.351. The summed E-state index contributed by atoms with van der Waals surface area (Å²) >= 11 is 0. The first kappa shape index (κ1) is 17.0. The fourth-order valence-corrected chi connectivity index (χ4v) is 4.37. The Labute approximate surface area is 132 Å². The number of rotatable bonds is 4. The molecule has 0 spiro atoms. The van der Waals surface area contributed by atoms with Gasteiger partial charge in [-0.05, 0) is 56.3 Å². The molecular formula is C18H28O4. The minimum atomic E-state index is -0.681. The van der Waals surface area contributed by atoms with E-state index in [2.05, 4.69) is 19.9 Å². The summed E-state index contributed by atoms with van der Waals surface area (Å²) in [5.41, 5.74) is 0.553. The number of carbonyl (C=O) groups excluding carboxylic acids is 1. The van der Waals surface area contributed by atoms with Crippen LogP contribution in [0.25, 0.3) is 0 Å². The summed E-state index contributed by atoms with van der Waals surface area (Å²) in [7, 11) is 0. The lowest BCUT2D eigenvalue weighted by Crippen LogP contribution is -2.47. The van der Waals surface area contributed by atoms with Gasteiger partial charge in [0, 0.05) is 6.92 Å². The van der Waals surface area contributed by atoms with Gasteiger partial charge >= 0.3 is 11.9 Å². The van der Waals surface area contributed by atoms with Crippen LogP contribution in [0.5, 0.6) is 0 Å². The second kappa shape index (κ2) is 6.05. The van der Waals surface area contributed by atoms with E-state index in [1.165, 1.54) is 12.5 Å². The second-order valence-corrected chi connectivity index (χ2v) is 7.46. The number of allylic oxidation sites excluding steroid dienone is 2. The van der Waals surface area contributed by atoms with Gasteiger partial charge in [0.1, 0.15) is 0 Å². The fraction of sp³-hybridized carbons (Fsp3) is 0.778. The van der Waals surface area contributed by atoms with Crippen molar-refractivity contribution in [3.05, 3.63) is 11.6 Å². The summed E-state index contributed by atoms with van der Waals surface area (Å²) in [6.07, 6.45) is 6.54. The number of hydrogen-bond donors (Lipinski definition) is 1. The quantitative estimate of drug-likeness (QED) is 0.633. The van der Waals surface area contributed by atoms with E-state index >= 15 is 0 Å². The predicted molar refractivity (Wildman–Crippen MR) is 84.3 cm³/mol. The molecule has 1 fully saturated rings. The smallest absolute Gasteiger partial charge is 0.309 e. The van der Waals surface area contributed by atoms with Crippen molar-refractivity contribution in [2.75, 3.05) is 6.61 Å². The molecule has 2 rings (SSSR count). The van der Waals surface area contributed by atoms with Crippen LogP contribution >= 0.6 is 0 Å². The number of aliphatic carboxylic acids is 1. The van der Waals surface area contributed by atoms with Crippen LogP contribution in [0, 0.1) is 22.7 Å². The van der Waals surface area contributed by atoms with Gasteiger partial charge in [-0.25, -0.2) is 0 Å². The van der Waals surface area contributed by atoms with Gasteiger partial charge in [0.15, 0.2) is 0 Å². The number of carboxylic acids is 1. The third-order valence-corrected chi connectivity index (χ3v) is 6.22. The highest BCUT2D eigenvalue weighted by Crippen LogP contribution is 2.57. The molecule has 1 N–H and O–H groups in total. The van der Waals surface area contributed by atoms with E-state index < -0.39 is 11.4 Å². The number of ether oxygens (including phenoxy) is 1. The first-order chi connectivity index (χ1) is 10.2. The van der Waals surface area contributed by atoms with E-state index in [4.69, 9.17) is 4.74 Å². The molecule has 0 heterocycles. The Morgan fingerprint density at radius 2 is 2.05 bits per heavy atom. The molecule has 124 valence electrons. The van der Waals surface area contributed by atoms with Crippen LogP contribution in [0.1, 0.15) is 59.8 Å². The Balaban J connectivity index is 2.27. The molecule has 0 unspecified atom stereocenters. The van der Waals surface area contributed by atoms with Crippen molar-refractivity contribution in [3.63, 3.8) is 0 Å². The molecule has 22 heavy (non-hydrogen) atoms. The lowest BCUT2D eigenvalue weighted by Gasteiger charge is -2.52. The van der Waals surface area contributed by atoms with Crippen LogP contribution in [0.4, 0.5) is 0 Å². The van der Waals surface area contributed by atoms with E-state index in [1.807, 2.05) is 6.92 Å². The van der Waals surface area contributed by atoms with Crippen LogP contribution < -0.4 is 0 Å². The maximum Gasteiger partial charge on any atom is 0.309 e. The van der Waals surface area contributed by atoms with E-state index in [0.29, 0.717) is 18.9 Å². The molecule has 0 bridgehead atoms. The summed E-state index contributed by atoms with van der Waals surface area (Å²) in [6.45, 7) is 8.18. The lowest BCUT2D eigenvalue weighted by atomic mass is 9.52. The van der Waals surface area contributed by atoms with Gasteiger partial charge in [-0.2, -0.15) is 0 Å². The Morgan fingerprint density at radius 3 is 2.64 bits per heavy atom. The van der Waals surface area contributed by atoms with Crippen molar-refractivity contribution in [1.29, 1.82) is 0 Å². The SMILES string of the molecule is CC(=O)OCC[C@]1(C)C2=CCC[C@](C)(C(=O)O)[C@H]2CC[C@H]1C. The van der Waals surface area contributed by atoms with Gasteiger partial charge in [0.25, 0.3) is 0 Å². The molecule has 1 saturated carbocycles. The molecule has 0 aliphatic heterocycles. The van der Waals surface area contributed by atoms with E-state index in [-0.39, 0.29) is 17.3 Å². The second-order valence-electron chi connectivity index (χ2n) is 7.46. The number of esters is 1. The third kappa shape index (κ3) is 2.80. The number of hydrogen-bond acceptors (Lipinski definition) is 3. The molecule has 0 aromatic carbocycles. The van der Waals surface area contributed by atoms with Crippen LogP contribution in [0.2, 0.25) is 0 Å². The topological polar surface area (TPSA) is 63.6 Å². The normalized spacial score (nSPS) is 37.9. The van der Waals surface area contributed by atoms with Crippen LogP contribution in [0.15, 0.2) is 11.6 Å². The molecule has 0 amide bonds. The minimum Gasteiger partial charge on any atom is -0.481 e. The van der Waals surface area contributed by atoms with Gasteiger partial charge in [-0.1, -0.05) is 25.5 Å². The van der Waals surface area contributed by atoms with Crippen molar-refractivity contribution in [2.24, 2.45) is 22.7 Å². The van der Waals surface area contributed by atoms with Crippen molar-refractivity contribution in [3.8, 4) is 0 Å². The highest BCUT2D eigenvalue weighted by atomic mass is 16.5. The molecule has 4 heteroatoms. The predicted octanol–water partition coefficient (Wildman–Crippen LogP) is 3.80. The van der Waals surface area contributed by atoms with E-state index in [1.54, 1.807) is 0 Å². The largest absolute Gasteiger partial charge is 0.481 e. The maximum atomic E-state index is 11.8. The Bertz CT molecular complexity index is 495. The molecule has 0 saturated heterocycles. The summed E-state index contributed by atoms with van der Waals surface area (Å²) in [5, 5.41) is 9.72. The number of carbonyl (C=O) groups is 2. The first-order valence-corrected chi connectivity index (χ1v) is 8.29. The van der Waals surface area contributed by atoms with E-state index in [9.17, 15) is 14.7 Å². The highest BCUT2D eigenvalue weighted by Gasteiger charge is 2.52. The molecule has 4 nitrogen and oxygen atoms in total. The zero-order chi connectivity index (χ0) is 16.5. The minimum absolute atomic E-state index is 0.0739. The van der Waals surface area contributed by atoms with Crippen molar-refractivity contribution >= 4 is 11.9 Å². The lowest BCUT2D eigenvalue weighted by molar-refractivity contribution is -0.152. The maximum absolute atomic E-state index is 11.8. The Kier molecular flexibility index (Phi) is 4.69. The van der Waals surface area contributed by atoms with Crippen LogP contribution in [0.3, 0.4) is 0 Å². The summed E-state index contributed by atoms with van der Waals surface area (Å²) in [4.78, 5) is 22.9. The molecular weight excluding hydrogens is 280 g/mol. The summed E-state index contributed by atoms with van der Waals surface area (Å²) in [6, 6.07) is 0. The van der Waals surface area contributed by atoms with Gasteiger partial charge < -0.3 is 9.84 Å².